The molecule has 0 aliphatic carbocycles. The Kier molecular flexibility index (Phi) is 3.10. The van der Waals surface area contributed by atoms with Crippen LogP contribution in [0.3, 0.4) is 0 Å². The van der Waals surface area contributed by atoms with Crippen molar-refractivity contribution in [1.82, 2.24) is 15.0 Å². The molecule has 0 aromatic carbocycles. The zero-order valence-corrected chi connectivity index (χ0v) is 9.44. The summed E-state index contributed by atoms with van der Waals surface area (Å²) < 4.78 is 0. The molecule has 0 radical (unpaired) electrons. The number of rotatable bonds is 3. The number of hydrogen-bond donors (Lipinski definition) is 1. The van der Waals surface area contributed by atoms with Crippen molar-refractivity contribution >= 4 is 5.95 Å². The molecule has 0 aliphatic rings. The quantitative estimate of drug-likeness (QED) is 0.846. The van der Waals surface area contributed by atoms with E-state index in [1.807, 2.05) is 38.5 Å². The fourth-order valence-electron chi connectivity index (χ4n) is 1.47. The van der Waals surface area contributed by atoms with Gasteiger partial charge in [0.25, 0.3) is 0 Å². The first-order valence-corrected chi connectivity index (χ1v) is 5.19. The number of anilines is 1. The van der Waals surface area contributed by atoms with Crippen molar-refractivity contribution in [2.75, 3.05) is 12.4 Å². The van der Waals surface area contributed by atoms with Gasteiger partial charge in [-0.05, 0) is 24.1 Å². The molecule has 2 rings (SSSR count). The summed E-state index contributed by atoms with van der Waals surface area (Å²) in [4.78, 5) is 12.7. The van der Waals surface area contributed by atoms with Crippen molar-refractivity contribution in [2.24, 2.45) is 0 Å². The van der Waals surface area contributed by atoms with Gasteiger partial charge in [-0.1, -0.05) is 6.07 Å². The molecule has 0 spiro atoms. The summed E-state index contributed by atoms with van der Waals surface area (Å²) in [5, 5.41) is 2.94. The number of aromatic nitrogens is 3. The predicted octanol–water partition coefficient (Wildman–Crippen LogP) is 1.81. The molecule has 2 aromatic heterocycles. The van der Waals surface area contributed by atoms with Crippen LogP contribution in [0.1, 0.15) is 16.8 Å². The van der Waals surface area contributed by atoms with Gasteiger partial charge in [0, 0.05) is 32.1 Å². The molecule has 0 atom stereocenters. The SMILES string of the molecule is CNc1ncc(C)c(Cc2cccnc2)n1. The Morgan fingerprint density at radius 2 is 2.19 bits per heavy atom. The Balaban J connectivity index is 2.27. The minimum atomic E-state index is 0.657. The van der Waals surface area contributed by atoms with Gasteiger partial charge in [-0.25, -0.2) is 9.97 Å². The van der Waals surface area contributed by atoms with Crippen LogP contribution in [-0.4, -0.2) is 22.0 Å². The number of nitrogens with zero attached hydrogens (tertiary/aromatic N) is 3. The van der Waals surface area contributed by atoms with E-state index in [1.165, 1.54) is 0 Å². The third-order valence-corrected chi connectivity index (χ3v) is 2.39. The first-order valence-electron chi connectivity index (χ1n) is 5.19. The molecule has 16 heavy (non-hydrogen) atoms. The first kappa shape index (κ1) is 10.5. The summed E-state index contributed by atoms with van der Waals surface area (Å²) in [6.45, 7) is 2.02. The zero-order valence-electron chi connectivity index (χ0n) is 9.44. The van der Waals surface area contributed by atoms with Crippen LogP contribution in [-0.2, 0) is 6.42 Å². The van der Waals surface area contributed by atoms with E-state index in [0.29, 0.717) is 5.95 Å². The molecule has 0 unspecified atom stereocenters. The van der Waals surface area contributed by atoms with E-state index in [9.17, 15) is 0 Å². The lowest BCUT2D eigenvalue weighted by molar-refractivity contribution is 0.990. The van der Waals surface area contributed by atoms with Crippen molar-refractivity contribution < 1.29 is 0 Å². The van der Waals surface area contributed by atoms with Gasteiger partial charge in [-0.2, -0.15) is 0 Å². The van der Waals surface area contributed by atoms with E-state index in [4.69, 9.17) is 0 Å². The Labute approximate surface area is 94.8 Å². The van der Waals surface area contributed by atoms with Gasteiger partial charge in [0.2, 0.25) is 5.95 Å². The molecule has 0 aliphatic heterocycles. The average Bonchev–Trinajstić information content (AvgIpc) is 2.33. The zero-order chi connectivity index (χ0) is 11.4. The lowest BCUT2D eigenvalue weighted by atomic mass is 10.1. The second-order valence-corrected chi connectivity index (χ2v) is 3.61. The standard InChI is InChI=1S/C12H14N4/c1-9-7-15-12(13-2)16-11(9)6-10-4-3-5-14-8-10/h3-5,7-8H,6H2,1-2H3,(H,13,15,16). The van der Waals surface area contributed by atoms with Crippen molar-refractivity contribution in [1.29, 1.82) is 0 Å². The van der Waals surface area contributed by atoms with Crippen molar-refractivity contribution in [2.45, 2.75) is 13.3 Å². The number of pyridine rings is 1. The van der Waals surface area contributed by atoms with Gasteiger partial charge in [0.15, 0.2) is 0 Å². The molecule has 1 N–H and O–H groups in total. The number of nitrogens with one attached hydrogen (secondary N) is 1. The van der Waals surface area contributed by atoms with E-state index in [0.717, 1.165) is 23.2 Å². The van der Waals surface area contributed by atoms with Crippen molar-refractivity contribution in [3.05, 3.63) is 47.5 Å². The highest BCUT2D eigenvalue weighted by Crippen LogP contribution is 2.11. The van der Waals surface area contributed by atoms with Gasteiger partial charge >= 0.3 is 0 Å². The summed E-state index contributed by atoms with van der Waals surface area (Å²) in [5.41, 5.74) is 3.29. The Morgan fingerprint density at radius 3 is 2.88 bits per heavy atom. The maximum absolute atomic E-state index is 4.44. The smallest absolute Gasteiger partial charge is 0.222 e. The van der Waals surface area contributed by atoms with Crippen LogP contribution < -0.4 is 5.32 Å². The molecular weight excluding hydrogens is 200 g/mol. The topological polar surface area (TPSA) is 50.7 Å². The molecule has 4 heteroatoms. The Bertz CT molecular complexity index is 468. The highest BCUT2D eigenvalue weighted by atomic mass is 15.1. The number of aryl methyl sites for hydroxylation is 1. The minimum Gasteiger partial charge on any atom is -0.357 e. The van der Waals surface area contributed by atoms with Crippen LogP contribution in [0.15, 0.2) is 30.7 Å². The maximum Gasteiger partial charge on any atom is 0.222 e. The first-order chi connectivity index (χ1) is 7.79. The predicted molar refractivity (Wildman–Crippen MR) is 63.4 cm³/mol. The molecular formula is C12H14N4. The van der Waals surface area contributed by atoms with Crippen molar-refractivity contribution in [3.63, 3.8) is 0 Å². The number of hydrogen-bond acceptors (Lipinski definition) is 4. The minimum absolute atomic E-state index is 0.657. The van der Waals surface area contributed by atoms with Crippen LogP contribution in [0.4, 0.5) is 5.95 Å². The van der Waals surface area contributed by atoms with E-state index < -0.39 is 0 Å². The fourth-order valence-corrected chi connectivity index (χ4v) is 1.47. The third-order valence-electron chi connectivity index (χ3n) is 2.39. The van der Waals surface area contributed by atoms with Crippen LogP contribution in [0.5, 0.6) is 0 Å². The Morgan fingerprint density at radius 1 is 1.31 bits per heavy atom. The highest BCUT2D eigenvalue weighted by molar-refractivity contribution is 5.31. The molecule has 0 bridgehead atoms. The third kappa shape index (κ3) is 2.34. The summed E-state index contributed by atoms with van der Waals surface area (Å²) in [6, 6.07) is 3.98. The largest absolute Gasteiger partial charge is 0.357 e. The van der Waals surface area contributed by atoms with E-state index in [1.54, 1.807) is 6.20 Å². The van der Waals surface area contributed by atoms with Crippen LogP contribution in [0, 0.1) is 6.92 Å². The van der Waals surface area contributed by atoms with E-state index >= 15 is 0 Å². The lowest BCUT2D eigenvalue weighted by Crippen LogP contribution is -2.02. The molecule has 4 nitrogen and oxygen atoms in total. The summed E-state index contributed by atoms with van der Waals surface area (Å²) in [6.07, 6.45) is 6.26. The van der Waals surface area contributed by atoms with Gasteiger partial charge in [-0.3, -0.25) is 4.98 Å². The van der Waals surface area contributed by atoms with Gasteiger partial charge < -0.3 is 5.32 Å². The summed E-state index contributed by atoms with van der Waals surface area (Å²) in [7, 11) is 1.82. The van der Waals surface area contributed by atoms with Crippen LogP contribution in [0.25, 0.3) is 0 Å². The van der Waals surface area contributed by atoms with Gasteiger partial charge in [-0.15, -0.1) is 0 Å². The maximum atomic E-state index is 4.44. The van der Waals surface area contributed by atoms with E-state index in [-0.39, 0.29) is 0 Å². The lowest BCUT2D eigenvalue weighted by Gasteiger charge is -2.06. The van der Waals surface area contributed by atoms with Crippen molar-refractivity contribution in [3.8, 4) is 0 Å². The molecule has 0 saturated carbocycles. The molecule has 0 fully saturated rings. The average molecular weight is 214 g/mol. The molecule has 0 amide bonds. The van der Waals surface area contributed by atoms with Crippen LogP contribution >= 0.6 is 0 Å². The summed E-state index contributed by atoms with van der Waals surface area (Å²) >= 11 is 0. The summed E-state index contributed by atoms with van der Waals surface area (Å²) in [5.74, 6) is 0.657. The Hall–Kier alpha value is -1.97. The monoisotopic (exact) mass is 214 g/mol. The second kappa shape index (κ2) is 4.70. The molecule has 2 heterocycles. The molecule has 0 saturated heterocycles. The van der Waals surface area contributed by atoms with Gasteiger partial charge in [0.05, 0.1) is 5.69 Å². The molecule has 82 valence electrons. The highest BCUT2D eigenvalue weighted by Gasteiger charge is 2.04. The second-order valence-electron chi connectivity index (χ2n) is 3.61. The van der Waals surface area contributed by atoms with Gasteiger partial charge in [0.1, 0.15) is 0 Å². The van der Waals surface area contributed by atoms with Crippen LogP contribution in [0.2, 0.25) is 0 Å². The fraction of sp³-hybridized carbons (Fsp3) is 0.250. The normalized spacial score (nSPS) is 10.1. The molecule has 2 aromatic rings. The van der Waals surface area contributed by atoms with E-state index in [2.05, 4.69) is 20.3 Å².